The molecular weight excluding hydrogens is 246 g/mol. The average Bonchev–Trinajstić information content (AvgIpc) is 2.46. The number of aryl methyl sites for hydroxylation is 1. The summed E-state index contributed by atoms with van der Waals surface area (Å²) < 4.78 is 0. The fraction of sp³-hybridized carbons (Fsp3) is 0.333. The molecule has 2 aromatic rings. The molecule has 106 valence electrons. The summed E-state index contributed by atoms with van der Waals surface area (Å²) in [6.45, 7) is 0.716. The Labute approximate surface area is 121 Å². The summed E-state index contributed by atoms with van der Waals surface area (Å²) in [5, 5.41) is 10.0. The lowest BCUT2D eigenvalue weighted by molar-refractivity contribution is 0.128. The van der Waals surface area contributed by atoms with Gasteiger partial charge >= 0.3 is 0 Å². The number of rotatable bonds is 6. The lowest BCUT2D eigenvalue weighted by Gasteiger charge is -2.17. The highest BCUT2D eigenvalue weighted by Gasteiger charge is 2.09. The molecule has 1 unspecified atom stereocenters. The minimum Gasteiger partial charge on any atom is -0.392 e. The first-order valence-corrected chi connectivity index (χ1v) is 7.13. The molecule has 0 bridgehead atoms. The van der Waals surface area contributed by atoms with Gasteiger partial charge in [0.05, 0.1) is 6.10 Å². The van der Waals surface area contributed by atoms with Gasteiger partial charge in [0.1, 0.15) is 0 Å². The van der Waals surface area contributed by atoms with Gasteiger partial charge in [-0.05, 0) is 43.6 Å². The summed E-state index contributed by atoms with van der Waals surface area (Å²) in [6, 6.07) is 18.9. The molecule has 1 atom stereocenters. The Bertz CT molecular complexity index is 522. The van der Waals surface area contributed by atoms with Crippen molar-refractivity contribution in [3.05, 3.63) is 60.2 Å². The third kappa shape index (κ3) is 4.19. The zero-order chi connectivity index (χ0) is 14.4. The van der Waals surface area contributed by atoms with E-state index in [1.807, 2.05) is 25.1 Å². The summed E-state index contributed by atoms with van der Waals surface area (Å²) in [5.41, 5.74) is 3.81. The summed E-state index contributed by atoms with van der Waals surface area (Å²) in [4.78, 5) is 2.02. The second kappa shape index (κ2) is 7.22. The van der Waals surface area contributed by atoms with Crippen LogP contribution in [0.15, 0.2) is 54.6 Å². The van der Waals surface area contributed by atoms with E-state index < -0.39 is 0 Å². The Hall–Kier alpha value is -1.64. The summed E-state index contributed by atoms with van der Waals surface area (Å²) >= 11 is 0. The van der Waals surface area contributed by atoms with E-state index >= 15 is 0 Å². The quantitative estimate of drug-likeness (QED) is 0.870. The van der Waals surface area contributed by atoms with E-state index in [-0.39, 0.29) is 6.10 Å². The first-order valence-electron chi connectivity index (χ1n) is 7.13. The second-order valence-electron chi connectivity index (χ2n) is 5.48. The van der Waals surface area contributed by atoms with Crippen molar-refractivity contribution >= 4 is 0 Å². The van der Waals surface area contributed by atoms with Gasteiger partial charge in [0.2, 0.25) is 0 Å². The molecule has 0 aliphatic carbocycles. The van der Waals surface area contributed by atoms with E-state index in [4.69, 9.17) is 0 Å². The lowest BCUT2D eigenvalue weighted by Crippen LogP contribution is -2.26. The van der Waals surface area contributed by atoms with Crippen molar-refractivity contribution in [1.82, 2.24) is 4.90 Å². The number of hydrogen-bond acceptors (Lipinski definition) is 2. The van der Waals surface area contributed by atoms with Crippen LogP contribution in [-0.4, -0.2) is 36.8 Å². The van der Waals surface area contributed by atoms with Crippen LogP contribution in [0.25, 0.3) is 11.1 Å². The fourth-order valence-corrected chi connectivity index (χ4v) is 2.47. The number of likely N-dealkylation sites (N-methyl/N-ethyl adjacent to an activating group) is 1. The van der Waals surface area contributed by atoms with Gasteiger partial charge in [-0.25, -0.2) is 0 Å². The standard InChI is InChI=1S/C18H23NO/c1-19(2)14-17(20)13-12-16-10-6-7-11-18(16)15-8-4-3-5-9-15/h3-11,17,20H,12-14H2,1-2H3. The first-order chi connectivity index (χ1) is 9.66. The first kappa shape index (κ1) is 14.8. The molecule has 0 aliphatic heterocycles. The smallest absolute Gasteiger partial charge is 0.0670 e. The molecule has 0 spiro atoms. The minimum atomic E-state index is -0.270. The molecule has 0 saturated carbocycles. The van der Waals surface area contributed by atoms with Crippen LogP contribution in [0.2, 0.25) is 0 Å². The maximum absolute atomic E-state index is 10.0. The van der Waals surface area contributed by atoms with E-state index in [2.05, 4.69) is 48.5 Å². The van der Waals surface area contributed by atoms with E-state index in [1.165, 1.54) is 16.7 Å². The predicted octanol–water partition coefficient (Wildman–Crippen LogP) is 3.21. The number of aliphatic hydroxyl groups is 1. The highest BCUT2D eigenvalue weighted by atomic mass is 16.3. The summed E-state index contributed by atoms with van der Waals surface area (Å²) in [5.74, 6) is 0. The average molecular weight is 269 g/mol. The van der Waals surface area contributed by atoms with Crippen LogP contribution < -0.4 is 0 Å². The SMILES string of the molecule is CN(C)CC(O)CCc1ccccc1-c1ccccc1. The Morgan fingerprint density at radius 1 is 0.950 bits per heavy atom. The Morgan fingerprint density at radius 3 is 2.30 bits per heavy atom. The largest absolute Gasteiger partial charge is 0.392 e. The molecule has 2 heteroatoms. The molecule has 2 nitrogen and oxygen atoms in total. The Balaban J connectivity index is 2.09. The normalized spacial score (nSPS) is 12.6. The van der Waals surface area contributed by atoms with Crippen molar-refractivity contribution in [3.8, 4) is 11.1 Å². The van der Waals surface area contributed by atoms with Crippen LogP contribution in [0.4, 0.5) is 0 Å². The van der Waals surface area contributed by atoms with Crippen molar-refractivity contribution in [2.75, 3.05) is 20.6 Å². The predicted molar refractivity (Wildman–Crippen MR) is 84.8 cm³/mol. The number of aliphatic hydroxyl groups excluding tert-OH is 1. The lowest BCUT2D eigenvalue weighted by atomic mass is 9.96. The van der Waals surface area contributed by atoms with Crippen molar-refractivity contribution < 1.29 is 5.11 Å². The number of benzene rings is 2. The van der Waals surface area contributed by atoms with Crippen molar-refractivity contribution in [3.63, 3.8) is 0 Å². The molecule has 0 saturated heterocycles. The van der Waals surface area contributed by atoms with Gasteiger partial charge < -0.3 is 10.0 Å². The van der Waals surface area contributed by atoms with Crippen molar-refractivity contribution in [2.45, 2.75) is 18.9 Å². The molecule has 20 heavy (non-hydrogen) atoms. The van der Waals surface area contributed by atoms with Crippen LogP contribution >= 0.6 is 0 Å². The van der Waals surface area contributed by atoms with E-state index in [0.717, 1.165) is 12.8 Å². The van der Waals surface area contributed by atoms with Crippen LogP contribution in [0, 0.1) is 0 Å². The van der Waals surface area contributed by atoms with Gasteiger partial charge in [-0.1, -0.05) is 54.6 Å². The highest BCUT2D eigenvalue weighted by Crippen LogP contribution is 2.24. The van der Waals surface area contributed by atoms with Crippen LogP contribution in [-0.2, 0) is 6.42 Å². The molecule has 2 aromatic carbocycles. The summed E-state index contributed by atoms with van der Waals surface area (Å²) in [6.07, 6.45) is 1.43. The molecule has 0 amide bonds. The van der Waals surface area contributed by atoms with E-state index in [9.17, 15) is 5.11 Å². The second-order valence-corrected chi connectivity index (χ2v) is 5.48. The van der Waals surface area contributed by atoms with Crippen molar-refractivity contribution in [1.29, 1.82) is 0 Å². The van der Waals surface area contributed by atoms with Gasteiger partial charge in [-0.2, -0.15) is 0 Å². The van der Waals surface area contributed by atoms with Gasteiger partial charge in [0.15, 0.2) is 0 Å². The number of nitrogens with zero attached hydrogens (tertiary/aromatic N) is 1. The molecule has 0 radical (unpaired) electrons. The van der Waals surface area contributed by atoms with Crippen LogP contribution in [0.1, 0.15) is 12.0 Å². The third-order valence-corrected chi connectivity index (χ3v) is 3.42. The Morgan fingerprint density at radius 2 is 1.60 bits per heavy atom. The van der Waals surface area contributed by atoms with Gasteiger partial charge in [0, 0.05) is 6.54 Å². The molecule has 0 aliphatic rings. The maximum Gasteiger partial charge on any atom is 0.0670 e. The topological polar surface area (TPSA) is 23.5 Å². The molecule has 2 rings (SSSR count). The van der Waals surface area contributed by atoms with Gasteiger partial charge in [-0.15, -0.1) is 0 Å². The third-order valence-electron chi connectivity index (χ3n) is 3.42. The molecular formula is C18H23NO. The van der Waals surface area contributed by atoms with Crippen LogP contribution in [0.5, 0.6) is 0 Å². The molecule has 0 heterocycles. The summed E-state index contributed by atoms with van der Waals surface area (Å²) in [7, 11) is 3.97. The minimum absolute atomic E-state index is 0.270. The number of hydrogen-bond donors (Lipinski definition) is 1. The molecule has 0 aromatic heterocycles. The van der Waals surface area contributed by atoms with E-state index in [0.29, 0.717) is 6.54 Å². The zero-order valence-electron chi connectivity index (χ0n) is 12.3. The monoisotopic (exact) mass is 269 g/mol. The Kier molecular flexibility index (Phi) is 5.33. The van der Waals surface area contributed by atoms with E-state index in [1.54, 1.807) is 0 Å². The fourth-order valence-electron chi connectivity index (χ4n) is 2.47. The maximum atomic E-state index is 10.0. The van der Waals surface area contributed by atoms with Crippen LogP contribution in [0.3, 0.4) is 0 Å². The van der Waals surface area contributed by atoms with Gasteiger partial charge in [0.25, 0.3) is 0 Å². The van der Waals surface area contributed by atoms with Crippen molar-refractivity contribution in [2.24, 2.45) is 0 Å². The molecule has 1 N–H and O–H groups in total. The zero-order valence-corrected chi connectivity index (χ0v) is 12.3. The van der Waals surface area contributed by atoms with Gasteiger partial charge in [-0.3, -0.25) is 0 Å². The highest BCUT2D eigenvalue weighted by molar-refractivity contribution is 5.67. The molecule has 0 fully saturated rings.